The maximum absolute atomic E-state index is 11.5. The molecule has 14 heavy (non-hydrogen) atoms. The molecule has 0 aromatic rings. The number of carbonyl (C=O) groups is 2. The molecular formula is C10H15NO3. The van der Waals surface area contributed by atoms with Crippen LogP contribution in [0.4, 0.5) is 0 Å². The van der Waals surface area contributed by atoms with Gasteiger partial charge in [-0.25, -0.2) is 0 Å². The smallest absolute Gasteiger partial charge is 0.256 e. The van der Waals surface area contributed by atoms with Crippen LogP contribution >= 0.6 is 0 Å². The molecule has 1 aliphatic rings. The van der Waals surface area contributed by atoms with Crippen molar-refractivity contribution in [3.8, 4) is 0 Å². The van der Waals surface area contributed by atoms with E-state index in [4.69, 9.17) is 5.11 Å². The summed E-state index contributed by atoms with van der Waals surface area (Å²) < 4.78 is 0. The zero-order chi connectivity index (χ0) is 10.6. The zero-order valence-corrected chi connectivity index (χ0v) is 8.32. The van der Waals surface area contributed by atoms with E-state index in [9.17, 15) is 9.59 Å². The molecule has 0 radical (unpaired) electrons. The molecule has 1 N–H and O–H groups in total. The second kappa shape index (κ2) is 4.91. The first-order valence-corrected chi connectivity index (χ1v) is 4.88. The van der Waals surface area contributed by atoms with Gasteiger partial charge in [-0.3, -0.25) is 14.5 Å². The van der Waals surface area contributed by atoms with E-state index in [1.807, 2.05) is 6.92 Å². The highest BCUT2D eigenvalue weighted by Gasteiger charge is 2.29. The molecule has 0 saturated heterocycles. The SMILES string of the molecule is CCCCC1=CC(=O)N(CCO)C1=O. The molecule has 0 saturated carbocycles. The fourth-order valence-electron chi connectivity index (χ4n) is 1.42. The summed E-state index contributed by atoms with van der Waals surface area (Å²) in [6.45, 7) is 1.96. The summed E-state index contributed by atoms with van der Waals surface area (Å²) in [4.78, 5) is 23.9. The number of unbranched alkanes of at least 4 members (excludes halogenated alkanes) is 1. The van der Waals surface area contributed by atoms with Crippen LogP contribution in [-0.2, 0) is 9.59 Å². The van der Waals surface area contributed by atoms with Crippen molar-refractivity contribution in [1.82, 2.24) is 4.90 Å². The van der Waals surface area contributed by atoms with Crippen molar-refractivity contribution >= 4 is 11.8 Å². The van der Waals surface area contributed by atoms with Crippen LogP contribution in [0.3, 0.4) is 0 Å². The van der Waals surface area contributed by atoms with Crippen LogP contribution in [0.25, 0.3) is 0 Å². The summed E-state index contributed by atoms with van der Waals surface area (Å²) in [5, 5.41) is 8.66. The summed E-state index contributed by atoms with van der Waals surface area (Å²) >= 11 is 0. The molecule has 78 valence electrons. The van der Waals surface area contributed by atoms with Gasteiger partial charge in [0.05, 0.1) is 13.2 Å². The minimum Gasteiger partial charge on any atom is -0.395 e. The highest BCUT2D eigenvalue weighted by molar-refractivity contribution is 6.16. The Hall–Kier alpha value is -1.16. The lowest BCUT2D eigenvalue weighted by Gasteiger charge is -2.12. The molecule has 0 aromatic carbocycles. The molecule has 0 fully saturated rings. The molecular weight excluding hydrogens is 182 g/mol. The lowest BCUT2D eigenvalue weighted by atomic mass is 10.1. The largest absolute Gasteiger partial charge is 0.395 e. The van der Waals surface area contributed by atoms with Crippen LogP contribution in [0.5, 0.6) is 0 Å². The van der Waals surface area contributed by atoms with Gasteiger partial charge in [0.25, 0.3) is 11.8 Å². The quantitative estimate of drug-likeness (QED) is 0.651. The number of imide groups is 1. The molecule has 1 heterocycles. The first-order valence-electron chi connectivity index (χ1n) is 4.88. The number of amides is 2. The summed E-state index contributed by atoms with van der Waals surface area (Å²) in [6, 6.07) is 0. The van der Waals surface area contributed by atoms with E-state index in [2.05, 4.69) is 0 Å². The Morgan fingerprint density at radius 3 is 2.71 bits per heavy atom. The predicted octanol–water partition coefficient (Wildman–Crippen LogP) is 0.464. The van der Waals surface area contributed by atoms with Crippen molar-refractivity contribution in [1.29, 1.82) is 0 Å². The number of rotatable bonds is 5. The van der Waals surface area contributed by atoms with Gasteiger partial charge in [0.15, 0.2) is 0 Å². The third-order valence-electron chi connectivity index (χ3n) is 2.21. The molecule has 4 nitrogen and oxygen atoms in total. The molecule has 0 aliphatic carbocycles. The fourth-order valence-corrected chi connectivity index (χ4v) is 1.42. The number of hydrogen-bond acceptors (Lipinski definition) is 3. The van der Waals surface area contributed by atoms with Gasteiger partial charge >= 0.3 is 0 Å². The molecule has 0 unspecified atom stereocenters. The highest BCUT2D eigenvalue weighted by atomic mass is 16.3. The number of hydrogen-bond donors (Lipinski definition) is 1. The van der Waals surface area contributed by atoms with Crippen LogP contribution in [-0.4, -0.2) is 35.0 Å². The van der Waals surface area contributed by atoms with Crippen molar-refractivity contribution < 1.29 is 14.7 Å². The average molecular weight is 197 g/mol. The number of carbonyl (C=O) groups excluding carboxylic acids is 2. The van der Waals surface area contributed by atoms with E-state index < -0.39 is 0 Å². The van der Waals surface area contributed by atoms with Gasteiger partial charge in [-0.2, -0.15) is 0 Å². The zero-order valence-electron chi connectivity index (χ0n) is 8.32. The molecule has 0 spiro atoms. The number of nitrogens with zero attached hydrogens (tertiary/aromatic N) is 1. The molecule has 0 bridgehead atoms. The number of aliphatic hydroxyl groups excluding tert-OH is 1. The molecule has 4 heteroatoms. The van der Waals surface area contributed by atoms with Crippen LogP contribution < -0.4 is 0 Å². The summed E-state index contributed by atoms with van der Waals surface area (Å²) in [6.07, 6.45) is 3.95. The standard InChI is InChI=1S/C10H15NO3/c1-2-3-4-8-7-9(13)11(5-6-12)10(8)14/h7,12H,2-6H2,1H3. The fraction of sp³-hybridized carbons (Fsp3) is 0.600. The Kier molecular flexibility index (Phi) is 3.83. The van der Waals surface area contributed by atoms with Gasteiger partial charge in [0.1, 0.15) is 0 Å². The Morgan fingerprint density at radius 2 is 2.14 bits per heavy atom. The van der Waals surface area contributed by atoms with Gasteiger partial charge in [0, 0.05) is 11.6 Å². The number of β-amino-alcohol motifs (C(OH)–C–C–N with tert-alkyl or cyclic N) is 1. The van der Waals surface area contributed by atoms with E-state index >= 15 is 0 Å². The first-order chi connectivity index (χ1) is 6.70. The van der Waals surface area contributed by atoms with E-state index in [0.717, 1.165) is 17.7 Å². The Bertz CT molecular complexity index is 271. The predicted molar refractivity (Wildman–Crippen MR) is 51.4 cm³/mol. The van der Waals surface area contributed by atoms with Crippen LogP contribution in [0.1, 0.15) is 26.2 Å². The summed E-state index contributed by atoms with van der Waals surface area (Å²) in [5.74, 6) is -0.535. The highest BCUT2D eigenvalue weighted by Crippen LogP contribution is 2.17. The summed E-state index contributed by atoms with van der Waals surface area (Å²) in [5.41, 5.74) is 0.574. The Balaban J connectivity index is 2.59. The minimum atomic E-state index is -0.296. The molecule has 0 atom stereocenters. The van der Waals surface area contributed by atoms with Gasteiger partial charge in [-0.1, -0.05) is 13.3 Å². The topological polar surface area (TPSA) is 57.6 Å². The normalized spacial score (nSPS) is 16.4. The third-order valence-corrected chi connectivity index (χ3v) is 2.21. The van der Waals surface area contributed by atoms with Gasteiger partial charge in [-0.15, -0.1) is 0 Å². The van der Waals surface area contributed by atoms with E-state index in [-0.39, 0.29) is 25.0 Å². The Labute approximate surface area is 83.2 Å². The second-order valence-electron chi connectivity index (χ2n) is 3.29. The number of aliphatic hydroxyl groups is 1. The van der Waals surface area contributed by atoms with Crippen molar-refractivity contribution in [3.05, 3.63) is 11.6 Å². The van der Waals surface area contributed by atoms with E-state index in [1.54, 1.807) is 0 Å². The van der Waals surface area contributed by atoms with Crippen molar-refractivity contribution in [3.63, 3.8) is 0 Å². The monoisotopic (exact) mass is 197 g/mol. The van der Waals surface area contributed by atoms with Gasteiger partial charge < -0.3 is 5.11 Å². The van der Waals surface area contributed by atoms with E-state index in [0.29, 0.717) is 12.0 Å². The molecule has 1 rings (SSSR count). The lowest BCUT2D eigenvalue weighted by Crippen LogP contribution is -2.33. The van der Waals surface area contributed by atoms with Crippen LogP contribution in [0.15, 0.2) is 11.6 Å². The van der Waals surface area contributed by atoms with Crippen molar-refractivity contribution in [2.75, 3.05) is 13.2 Å². The van der Waals surface area contributed by atoms with Crippen LogP contribution in [0, 0.1) is 0 Å². The van der Waals surface area contributed by atoms with Crippen LogP contribution in [0.2, 0.25) is 0 Å². The first kappa shape index (κ1) is 10.9. The minimum absolute atomic E-state index is 0.101. The lowest BCUT2D eigenvalue weighted by molar-refractivity contribution is -0.137. The Morgan fingerprint density at radius 1 is 1.43 bits per heavy atom. The maximum Gasteiger partial charge on any atom is 0.256 e. The third kappa shape index (κ3) is 2.20. The molecule has 2 amide bonds. The second-order valence-corrected chi connectivity index (χ2v) is 3.29. The van der Waals surface area contributed by atoms with Gasteiger partial charge in [-0.05, 0) is 12.8 Å². The van der Waals surface area contributed by atoms with Crippen molar-refractivity contribution in [2.45, 2.75) is 26.2 Å². The maximum atomic E-state index is 11.5. The summed E-state index contributed by atoms with van der Waals surface area (Å²) in [7, 11) is 0. The molecule has 1 aliphatic heterocycles. The van der Waals surface area contributed by atoms with E-state index in [1.165, 1.54) is 6.08 Å². The van der Waals surface area contributed by atoms with Crippen molar-refractivity contribution in [2.24, 2.45) is 0 Å². The van der Waals surface area contributed by atoms with Gasteiger partial charge in [0.2, 0.25) is 0 Å². The average Bonchev–Trinajstić information content (AvgIpc) is 2.43. The molecule has 0 aromatic heterocycles.